The molecular formula is C25H31N3O3. The smallest absolute Gasteiger partial charge is 0.253 e. The predicted octanol–water partition coefficient (Wildman–Crippen LogP) is 4.71. The first-order chi connectivity index (χ1) is 15.0. The molecule has 3 rings (SSSR count). The second-order valence-corrected chi connectivity index (χ2v) is 7.96. The summed E-state index contributed by atoms with van der Waals surface area (Å²) >= 11 is 0. The quantitative estimate of drug-likeness (QED) is 0.606. The highest BCUT2D eigenvalue weighted by Crippen LogP contribution is 2.19. The standard InChI is InChI=1S/C25H31N3O3/c1-19(2)18-31-23-12-8-11-22(16-23)27-24(29)17-26-21-10-7-9-20(15-21)25(30)28-13-5-3-4-6-14-28/h7-12,15-16,26H,1,3-6,13-14,17-18H2,2H3,(H,27,29). The molecule has 2 aromatic rings. The predicted molar refractivity (Wildman–Crippen MR) is 125 cm³/mol. The zero-order chi connectivity index (χ0) is 22.1. The molecule has 2 aromatic carbocycles. The zero-order valence-corrected chi connectivity index (χ0v) is 18.2. The third-order valence-corrected chi connectivity index (χ3v) is 5.06. The molecule has 6 heteroatoms. The Balaban J connectivity index is 1.53. The monoisotopic (exact) mass is 421 g/mol. The largest absolute Gasteiger partial charge is 0.489 e. The van der Waals surface area contributed by atoms with Crippen molar-refractivity contribution in [3.63, 3.8) is 0 Å². The maximum atomic E-state index is 12.8. The van der Waals surface area contributed by atoms with Crippen LogP contribution in [0.1, 0.15) is 43.0 Å². The summed E-state index contributed by atoms with van der Waals surface area (Å²) in [6.45, 7) is 7.87. The van der Waals surface area contributed by atoms with Crippen molar-refractivity contribution in [1.82, 2.24) is 4.90 Å². The third kappa shape index (κ3) is 7.17. The van der Waals surface area contributed by atoms with E-state index in [1.807, 2.05) is 54.3 Å². The van der Waals surface area contributed by atoms with Gasteiger partial charge in [-0.1, -0.05) is 31.6 Å². The fourth-order valence-corrected chi connectivity index (χ4v) is 3.48. The molecule has 1 heterocycles. The number of hydrogen-bond donors (Lipinski definition) is 2. The topological polar surface area (TPSA) is 70.7 Å². The lowest BCUT2D eigenvalue weighted by atomic mass is 10.1. The van der Waals surface area contributed by atoms with Gasteiger partial charge in [-0.3, -0.25) is 9.59 Å². The summed E-state index contributed by atoms with van der Waals surface area (Å²) in [7, 11) is 0. The number of rotatable bonds is 8. The molecule has 1 fully saturated rings. The van der Waals surface area contributed by atoms with Crippen molar-refractivity contribution in [3.05, 3.63) is 66.2 Å². The molecule has 0 saturated carbocycles. The number of ether oxygens (including phenoxy) is 1. The molecule has 0 atom stereocenters. The molecular weight excluding hydrogens is 390 g/mol. The van der Waals surface area contributed by atoms with E-state index in [9.17, 15) is 9.59 Å². The van der Waals surface area contributed by atoms with Crippen LogP contribution in [0.2, 0.25) is 0 Å². The van der Waals surface area contributed by atoms with Gasteiger partial charge in [-0.2, -0.15) is 0 Å². The first-order valence-corrected chi connectivity index (χ1v) is 10.8. The van der Waals surface area contributed by atoms with Crippen molar-refractivity contribution >= 4 is 23.2 Å². The Morgan fingerprint density at radius 1 is 1.00 bits per heavy atom. The van der Waals surface area contributed by atoms with Gasteiger partial charge in [0.2, 0.25) is 5.91 Å². The van der Waals surface area contributed by atoms with Gasteiger partial charge in [0, 0.05) is 36.1 Å². The molecule has 0 aliphatic carbocycles. The van der Waals surface area contributed by atoms with E-state index >= 15 is 0 Å². The first-order valence-electron chi connectivity index (χ1n) is 10.8. The van der Waals surface area contributed by atoms with Crippen LogP contribution < -0.4 is 15.4 Å². The lowest BCUT2D eigenvalue weighted by Crippen LogP contribution is -2.31. The van der Waals surface area contributed by atoms with Gasteiger partial charge in [-0.15, -0.1) is 0 Å². The average Bonchev–Trinajstić information content (AvgIpc) is 3.06. The lowest BCUT2D eigenvalue weighted by molar-refractivity contribution is -0.114. The minimum Gasteiger partial charge on any atom is -0.489 e. The lowest BCUT2D eigenvalue weighted by Gasteiger charge is -2.20. The van der Waals surface area contributed by atoms with E-state index in [4.69, 9.17) is 4.74 Å². The Kier molecular flexibility index (Phi) is 8.10. The minimum absolute atomic E-state index is 0.0570. The fraction of sp³-hybridized carbons (Fsp3) is 0.360. The summed E-state index contributed by atoms with van der Waals surface area (Å²) in [5.41, 5.74) is 2.98. The van der Waals surface area contributed by atoms with Gasteiger partial charge in [-0.05, 0) is 55.7 Å². The van der Waals surface area contributed by atoms with Gasteiger partial charge in [0.05, 0.1) is 6.54 Å². The number of anilines is 2. The van der Waals surface area contributed by atoms with Crippen molar-refractivity contribution in [2.45, 2.75) is 32.6 Å². The highest BCUT2D eigenvalue weighted by Gasteiger charge is 2.17. The highest BCUT2D eigenvalue weighted by molar-refractivity contribution is 5.96. The average molecular weight is 422 g/mol. The van der Waals surface area contributed by atoms with Crippen LogP contribution in [-0.2, 0) is 4.79 Å². The first kappa shape index (κ1) is 22.4. The van der Waals surface area contributed by atoms with E-state index in [1.54, 1.807) is 6.07 Å². The van der Waals surface area contributed by atoms with Gasteiger partial charge in [-0.25, -0.2) is 0 Å². The van der Waals surface area contributed by atoms with Crippen LogP contribution >= 0.6 is 0 Å². The zero-order valence-electron chi connectivity index (χ0n) is 18.2. The molecule has 2 amide bonds. The van der Waals surface area contributed by atoms with Crippen LogP contribution in [0.3, 0.4) is 0 Å². The molecule has 2 N–H and O–H groups in total. The number of likely N-dealkylation sites (tertiary alicyclic amines) is 1. The highest BCUT2D eigenvalue weighted by atomic mass is 16.5. The summed E-state index contributed by atoms with van der Waals surface area (Å²) in [5, 5.41) is 5.96. The summed E-state index contributed by atoms with van der Waals surface area (Å²) in [5.74, 6) is 0.552. The molecule has 0 radical (unpaired) electrons. The van der Waals surface area contributed by atoms with E-state index in [0.29, 0.717) is 23.6 Å². The Hall–Kier alpha value is -3.28. The molecule has 0 unspecified atom stereocenters. The molecule has 0 bridgehead atoms. The molecule has 31 heavy (non-hydrogen) atoms. The third-order valence-electron chi connectivity index (χ3n) is 5.06. The second-order valence-electron chi connectivity index (χ2n) is 7.96. The Bertz CT molecular complexity index is 918. The molecule has 0 spiro atoms. The molecule has 164 valence electrons. The number of nitrogens with zero attached hydrogens (tertiary/aromatic N) is 1. The normalized spacial score (nSPS) is 13.8. The van der Waals surface area contributed by atoms with Crippen LogP contribution in [0.25, 0.3) is 0 Å². The summed E-state index contributed by atoms with van der Waals surface area (Å²) in [6.07, 6.45) is 4.49. The van der Waals surface area contributed by atoms with Crippen molar-refractivity contribution in [1.29, 1.82) is 0 Å². The summed E-state index contributed by atoms with van der Waals surface area (Å²) in [4.78, 5) is 27.1. The molecule has 6 nitrogen and oxygen atoms in total. The van der Waals surface area contributed by atoms with Crippen molar-refractivity contribution in [2.24, 2.45) is 0 Å². The second kappa shape index (κ2) is 11.2. The fourth-order valence-electron chi connectivity index (χ4n) is 3.48. The van der Waals surface area contributed by atoms with Crippen LogP contribution in [-0.4, -0.2) is 43.0 Å². The molecule has 0 aromatic heterocycles. The van der Waals surface area contributed by atoms with Crippen molar-refractivity contribution in [2.75, 3.05) is 36.9 Å². The van der Waals surface area contributed by atoms with E-state index in [1.165, 1.54) is 12.8 Å². The van der Waals surface area contributed by atoms with Crippen molar-refractivity contribution < 1.29 is 14.3 Å². The van der Waals surface area contributed by atoms with Crippen molar-refractivity contribution in [3.8, 4) is 5.75 Å². The van der Waals surface area contributed by atoms with E-state index in [0.717, 1.165) is 37.2 Å². The van der Waals surface area contributed by atoms with Gasteiger partial charge >= 0.3 is 0 Å². The maximum absolute atomic E-state index is 12.8. The summed E-state index contributed by atoms with van der Waals surface area (Å²) < 4.78 is 5.61. The van der Waals surface area contributed by atoms with Crippen LogP contribution in [0.5, 0.6) is 5.75 Å². The van der Waals surface area contributed by atoms with E-state index in [-0.39, 0.29) is 18.4 Å². The van der Waals surface area contributed by atoms with Crippen LogP contribution in [0, 0.1) is 0 Å². The number of carbonyl (C=O) groups is 2. The number of nitrogens with one attached hydrogen (secondary N) is 2. The minimum atomic E-state index is -0.179. The summed E-state index contributed by atoms with van der Waals surface area (Å²) in [6, 6.07) is 14.6. The molecule has 1 aliphatic heterocycles. The molecule has 1 saturated heterocycles. The van der Waals surface area contributed by atoms with E-state index < -0.39 is 0 Å². The number of hydrogen-bond acceptors (Lipinski definition) is 4. The van der Waals surface area contributed by atoms with Crippen LogP contribution in [0.4, 0.5) is 11.4 Å². The number of carbonyl (C=O) groups excluding carboxylic acids is 2. The van der Waals surface area contributed by atoms with Crippen LogP contribution in [0.15, 0.2) is 60.7 Å². The number of benzene rings is 2. The van der Waals surface area contributed by atoms with E-state index in [2.05, 4.69) is 17.2 Å². The maximum Gasteiger partial charge on any atom is 0.253 e. The van der Waals surface area contributed by atoms with Gasteiger partial charge in [0.15, 0.2) is 0 Å². The van der Waals surface area contributed by atoms with Gasteiger partial charge < -0.3 is 20.3 Å². The Labute approximate surface area is 184 Å². The number of amides is 2. The SMILES string of the molecule is C=C(C)COc1cccc(NC(=O)CNc2cccc(C(=O)N3CCCCCC3)c2)c1. The Morgan fingerprint density at radius 3 is 2.45 bits per heavy atom. The van der Waals surface area contributed by atoms with Gasteiger partial charge in [0.1, 0.15) is 12.4 Å². The molecule has 1 aliphatic rings. The Morgan fingerprint density at radius 2 is 1.71 bits per heavy atom. The van der Waals surface area contributed by atoms with Gasteiger partial charge in [0.25, 0.3) is 5.91 Å².